The molecule has 0 fully saturated rings. The fraction of sp³-hybridized carbons (Fsp3) is 0.0571. The van der Waals surface area contributed by atoms with E-state index in [1.54, 1.807) is 0 Å². The van der Waals surface area contributed by atoms with Crippen LogP contribution in [-0.2, 0) is 10.8 Å². The van der Waals surface area contributed by atoms with E-state index in [-0.39, 0.29) is 5.41 Å². The predicted molar refractivity (Wildman–Crippen MR) is 305 cm³/mol. The third-order valence-electron chi connectivity index (χ3n) is 16.1. The number of hydrogen-bond donors (Lipinski definition) is 0. The second-order valence-corrected chi connectivity index (χ2v) is 20.4. The molecule has 2 aliphatic rings. The predicted octanol–water partition coefficient (Wildman–Crippen LogP) is 19.1. The van der Waals surface area contributed by atoms with Crippen molar-refractivity contribution < 1.29 is 8.83 Å². The highest BCUT2D eigenvalue weighted by Gasteiger charge is 2.46. The van der Waals surface area contributed by atoms with Crippen molar-refractivity contribution in [2.24, 2.45) is 0 Å². The van der Waals surface area contributed by atoms with E-state index in [0.29, 0.717) is 0 Å². The molecule has 0 bridgehead atoms. The Kier molecular flexibility index (Phi) is 9.19. The first kappa shape index (κ1) is 42.3. The third-order valence-corrected chi connectivity index (χ3v) is 16.1. The molecule has 0 aliphatic heterocycles. The molecule has 0 saturated heterocycles. The van der Waals surface area contributed by atoms with Crippen LogP contribution in [0.4, 0.5) is 34.1 Å². The number of benzene rings is 11. The van der Waals surface area contributed by atoms with Gasteiger partial charge in [-0.25, -0.2) is 0 Å². The summed E-state index contributed by atoms with van der Waals surface area (Å²) in [5.41, 5.74) is 21.6. The number of fused-ring (bicyclic) bond motifs is 12. The van der Waals surface area contributed by atoms with Gasteiger partial charge >= 0.3 is 0 Å². The zero-order chi connectivity index (χ0) is 49.1. The Bertz CT molecular complexity index is 4330. The van der Waals surface area contributed by atoms with Crippen LogP contribution < -0.4 is 9.80 Å². The molecule has 0 spiro atoms. The number of furan rings is 2. The highest BCUT2D eigenvalue weighted by molar-refractivity contribution is 6.14. The van der Waals surface area contributed by atoms with Gasteiger partial charge in [-0.05, 0) is 141 Å². The van der Waals surface area contributed by atoms with E-state index in [1.165, 1.54) is 55.6 Å². The summed E-state index contributed by atoms with van der Waals surface area (Å²) in [5, 5.41) is 4.30. The zero-order valence-corrected chi connectivity index (χ0v) is 41.0. The zero-order valence-electron chi connectivity index (χ0n) is 41.0. The standard InChI is InChI=1S/C70H48N2O2/c1-69(2)59-29-13-9-26-53(59)57-42-50(36-39-60(57)69)72(63-31-18-34-67-68(63)56-28-12-16-33-65(56)74-67)48-24-17-23-47(41-48)71(49-37-40-66-58(43-49)55-27-11-15-32-64(55)73-66)51-35-38-54-52-25-10-14-30-61(52)70(62(54)44-51,45-19-5-3-6-20-45)46-21-7-4-8-22-46/h3-44H,1-2H3. The molecular formula is C70H48N2O2. The van der Waals surface area contributed by atoms with Crippen molar-refractivity contribution in [3.63, 3.8) is 0 Å². The SMILES string of the molecule is CC1(C)c2ccccc2-c2cc(N(c3cccc(N(c4ccc5c(c4)C(c4ccccc4)(c4ccccc4)c4ccccc4-5)c4ccc5oc6ccccc6c5c4)c3)c3cccc4oc5ccccc5c34)ccc21. The first-order valence-corrected chi connectivity index (χ1v) is 25.6. The molecule has 0 amide bonds. The third kappa shape index (κ3) is 6.09. The van der Waals surface area contributed by atoms with Crippen molar-refractivity contribution >= 4 is 78.0 Å². The van der Waals surface area contributed by atoms with Crippen molar-refractivity contribution in [2.75, 3.05) is 9.80 Å². The van der Waals surface area contributed by atoms with Crippen LogP contribution in [0.1, 0.15) is 47.2 Å². The molecule has 4 nitrogen and oxygen atoms in total. The van der Waals surface area contributed by atoms with Crippen molar-refractivity contribution in [3.05, 3.63) is 288 Å². The molecule has 4 heteroatoms. The van der Waals surface area contributed by atoms with Crippen molar-refractivity contribution in [1.29, 1.82) is 0 Å². The number of hydrogen-bond acceptors (Lipinski definition) is 4. The minimum Gasteiger partial charge on any atom is -0.456 e. The summed E-state index contributed by atoms with van der Waals surface area (Å²) in [6, 6.07) is 93.0. The summed E-state index contributed by atoms with van der Waals surface area (Å²) < 4.78 is 13.1. The molecule has 0 atom stereocenters. The lowest BCUT2D eigenvalue weighted by molar-refractivity contribution is 0.660. The van der Waals surface area contributed by atoms with E-state index in [9.17, 15) is 0 Å². The van der Waals surface area contributed by atoms with Crippen LogP contribution >= 0.6 is 0 Å². The smallest absolute Gasteiger partial charge is 0.137 e. The van der Waals surface area contributed by atoms with Gasteiger partial charge in [-0.15, -0.1) is 0 Å². The minimum atomic E-state index is -0.577. The maximum Gasteiger partial charge on any atom is 0.137 e. The highest BCUT2D eigenvalue weighted by atomic mass is 16.3. The quantitative estimate of drug-likeness (QED) is 0.152. The molecule has 0 radical (unpaired) electrons. The van der Waals surface area contributed by atoms with Gasteiger partial charge in [0.1, 0.15) is 22.3 Å². The van der Waals surface area contributed by atoms with Crippen LogP contribution in [0.2, 0.25) is 0 Å². The lowest BCUT2D eigenvalue weighted by atomic mass is 9.67. The van der Waals surface area contributed by atoms with E-state index >= 15 is 0 Å². The summed E-state index contributed by atoms with van der Waals surface area (Å²) in [6.45, 7) is 4.69. The summed E-state index contributed by atoms with van der Waals surface area (Å²) in [5.74, 6) is 0. The van der Waals surface area contributed by atoms with Gasteiger partial charge in [-0.3, -0.25) is 0 Å². The number of anilines is 6. The maximum absolute atomic E-state index is 6.60. The van der Waals surface area contributed by atoms with Crippen LogP contribution in [-0.4, -0.2) is 0 Å². The van der Waals surface area contributed by atoms with Crippen molar-refractivity contribution in [1.82, 2.24) is 0 Å². The highest BCUT2D eigenvalue weighted by Crippen LogP contribution is 2.58. The Labute approximate surface area is 429 Å². The second-order valence-electron chi connectivity index (χ2n) is 20.4. The fourth-order valence-electron chi connectivity index (χ4n) is 12.9. The van der Waals surface area contributed by atoms with E-state index in [1.807, 2.05) is 12.1 Å². The molecule has 74 heavy (non-hydrogen) atoms. The average molecular weight is 949 g/mol. The summed E-state index contributed by atoms with van der Waals surface area (Å²) in [6.07, 6.45) is 0. The van der Waals surface area contributed by atoms with Crippen LogP contribution in [0.15, 0.2) is 264 Å². The monoisotopic (exact) mass is 948 g/mol. The topological polar surface area (TPSA) is 32.8 Å². The fourth-order valence-corrected chi connectivity index (χ4v) is 12.9. The molecule has 2 aromatic heterocycles. The summed E-state index contributed by atoms with van der Waals surface area (Å²) in [7, 11) is 0. The second kappa shape index (κ2) is 16.1. The summed E-state index contributed by atoms with van der Waals surface area (Å²) in [4.78, 5) is 4.87. The number of rotatable bonds is 8. The van der Waals surface area contributed by atoms with Crippen LogP contribution in [0.5, 0.6) is 0 Å². The van der Waals surface area contributed by atoms with E-state index < -0.39 is 5.41 Å². The molecule has 350 valence electrons. The maximum atomic E-state index is 6.60. The van der Waals surface area contributed by atoms with Gasteiger partial charge in [0.25, 0.3) is 0 Å². The van der Waals surface area contributed by atoms with Crippen molar-refractivity contribution in [3.8, 4) is 22.3 Å². The van der Waals surface area contributed by atoms with Gasteiger partial charge in [0.15, 0.2) is 0 Å². The first-order chi connectivity index (χ1) is 36.4. The Morgan fingerprint density at radius 3 is 1.57 bits per heavy atom. The molecule has 15 rings (SSSR count). The Morgan fingerprint density at radius 1 is 0.297 bits per heavy atom. The van der Waals surface area contributed by atoms with Crippen LogP contribution in [0.3, 0.4) is 0 Å². The largest absolute Gasteiger partial charge is 0.456 e. The van der Waals surface area contributed by atoms with E-state index in [4.69, 9.17) is 8.83 Å². The lowest BCUT2D eigenvalue weighted by Gasteiger charge is -2.35. The number of para-hydroxylation sites is 2. The van der Waals surface area contributed by atoms with Gasteiger partial charge in [0, 0.05) is 50.0 Å². The average Bonchev–Trinajstić information content (AvgIpc) is 4.18. The Morgan fingerprint density at radius 2 is 0.797 bits per heavy atom. The molecule has 0 saturated carbocycles. The molecular weight excluding hydrogens is 901 g/mol. The van der Waals surface area contributed by atoms with Gasteiger partial charge in [0.2, 0.25) is 0 Å². The Balaban J connectivity index is 0.987. The van der Waals surface area contributed by atoms with Gasteiger partial charge in [-0.1, -0.05) is 184 Å². The molecule has 2 aliphatic carbocycles. The van der Waals surface area contributed by atoms with Crippen molar-refractivity contribution in [2.45, 2.75) is 24.7 Å². The first-order valence-electron chi connectivity index (χ1n) is 25.6. The molecule has 0 unspecified atom stereocenters. The normalized spacial score (nSPS) is 13.8. The van der Waals surface area contributed by atoms with Crippen LogP contribution in [0.25, 0.3) is 66.1 Å². The lowest BCUT2D eigenvalue weighted by Crippen LogP contribution is -2.28. The van der Waals surface area contributed by atoms with Gasteiger partial charge < -0.3 is 18.6 Å². The molecule has 0 N–H and O–H groups in total. The summed E-state index contributed by atoms with van der Waals surface area (Å²) >= 11 is 0. The van der Waals surface area contributed by atoms with E-state index in [2.05, 4.69) is 266 Å². The van der Waals surface area contributed by atoms with E-state index in [0.717, 1.165) is 78.0 Å². The van der Waals surface area contributed by atoms with Gasteiger partial charge in [-0.2, -0.15) is 0 Å². The minimum absolute atomic E-state index is 0.131. The van der Waals surface area contributed by atoms with Gasteiger partial charge in [0.05, 0.1) is 16.5 Å². The molecule has 11 aromatic carbocycles. The van der Waals surface area contributed by atoms with Crippen LogP contribution in [0, 0.1) is 0 Å². The molecule has 2 heterocycles. The number of nitrogens with zero attached hydrogens (tertiary/aromatic N) is 2. The Hall–Kier alpha value is -9.38. The molecule has 13 aromatic rings.